The number of nitrogens with one attached hydrogen (secondary N) is 1. The molecule has 0 saturated heterocycles. The first-order valence-electron chi connectivity index (χ1n) is 7.04. The van der Waals surface area contributed by atoms with Gasteiger partial charge in [-0.05, 0) is 45.4 Å². The lowest BCUT2D eigenvalue weighted by atomic mass is 10.1. The van der Waals surface area contributed by atoms with Crippen molar-refractivity contribution < 1.29 is 4.74 Å². The first-order chi connectivity index (χ1) is 9.60. The van der Waals surface area contributed by atoms with Crippen LogP contribution in [0.15, 0.2) is 36.4 Å². The molecule has 2 aromatic rings. The molecule has 1 N–H and O–H groups in total. The van der Waals surface area contributed by atoms with E-state index in [2.05, 4.69) is 50.4 Å². The van der Waals surface area contributed by atoms with Crippen LogP contribution < -0.4 is 10.1 Å². The second kappa shape index (κ2) is 6.91. The minimum Gasteiger partial charge on any atom is -0.496 e. The highest BCUT2D eigenvalue weighted by Crippen LogP contribution is 2.25. The predicted molar refractivity (Wildman–Crippen MR) is 86.8 cm³/mol. The molecule has 2 atom stereocenters. The summed E-state index contributed by atoms with van der Waals surface area (Å²) in [5.41, 5.74) is 1.21. The molecule has 0 aliphatic heterocycles. The summed E-state index contributed by atoms with van der Waals surface area (Å²) >= 11 is 1.88. The van der Waals surface area contributed by atoms with Crippen molar-refractivity contribution in [1.82, 2.24) is 5.32 Å². The van der Waals surface area contributed by atoms with Crippen molar-refractivity contribution in [2.75, 3.05) is 7.11 Å². The van der Waals surface area contributed by atoms with E-state index in [0.717, 1.165) is 12.2 Å². The average molecular weight is 289 g/mol. The van der Waals surface area contributed by atoms with Gasteiger partial charge in [0.15, 0.2) is 0 Å². The van der Waals surface area contributed by atoms with Crippen molar-refractivity contribution in [3.63, 3.8) is 0 Å². The summed E-state index contributed by atoms with van der Waals surface area (Å²) in [6, 6.07) is 13.3. The molecule has 3 heteroatoms. The summed E-state index contributed by atoms with van der Waals surface area (Å²) < 4.78 is 5.43. The third-order valence-electron chi connectivity index (χ3n) is 3.44. The number of methoxy groups -OCH3 is 1. The average Bonchev–Trinajstić information content (AvgIpc) is 2.83. The number of thiophene rings is 1. The molecular weight excluding hydrogens is 266 g/mol. The zero-order valence-corrected chi connectivity index (χ0v) is 13.5. The molecule has 0 fully saturated rings. The number of hydrogen-bond acceptors (Lipinski definition) is 3. The largest absolute Gasteiger partial charge is 0.496 e. The summed E-state index contributed by atoms with van der Waals surface area (Å²) in [5.74, 6) is 0.951. The van der Waals surface area contributed by atoms with Gasteiger partial charge in [0.2, 0.25) is 0 Å². The molecule has 1 aromatic heterocycles. The Bertz CT molecular complexity index is 549. The normalized spacial score (nSPS) is 14.0. The van der Waals surface area contributed by atoms with Crippen LogP contribution in [0.25, 0.3) is 0 Å². The first-order valence-corrected chi connectivity index (χ1v) is 7.86. The van der Waals surface area contributed by atoms with Gasteiger partial charge >= 0.3 is 0 Å². The van der Waals surface area contributed by atoms with Gasteiger partial charge in [0.05, 0.1) is 7.11 Å². The number of aryl methyl sites for hydroxylation is 1. The van der Waals surface area contributed by atoms with E-state index in [-0.39, 0.29) is 6.04 Å². The van der Waals surface area contributed by atoms with Crippen LogP contribution >= 0.6 is 11.3 Å². The Hall–Kier alpha value is -1.32. The fourth-order valence-electron chi connectivity index (χ4n) is 2.50. The fraction of sp³-hybridized carbons (Fsp3) is 0.412. The molecule has 108 valence electrons. The predicted octanol–water partition coefficient (Wildman–Crippen LogP) is 4.35. The van der Waals surface area contributed by atoms with Gasteiger partial charge in [-0.1, -0.05) is 18.2 Å². The molecular formula is C17H23NOS. The quantitative estimate of drug-likeness (QED) is 0.853. The SMILES string of the molecule is COc1ccccc1C(C)NC(C)Cc1ccc(C)s1. The molecule has 0 radical (unpaired) electrons. The van der Waals surface area contributed by atoms with Crippen LogP contribution in [0.2, 0.25) is 0 Å². The number of benzene rings is 1. The van der Waals surface area contributed by atoms with E-state index in [9.17, 15) is 0 Å². The Kier molecular flexibility index (Phi) is 5.21. The van der Waals surface area contributed by atoms with Crippen LogP contribution in [0, 0.1) is 6.92 Å². The van der Waals surface area contributed by atoms with Gasteiger partial charge in [-0.2, -0.15) is 0 Å². The molecule has 0 aliphatic carbocycles. The van der Waals surface area contributed by atoms with E-state index in [4.69, 9.17) is 4.74 Å². The lowest BCUT2D eigenvalue weighted by Crippen LogP contribution is -2.30. The highest BCUT2D eigenvalue weighted by atomic mass is 32.1. The van der Waals surface area contributed by atoms with Crippen LogP contribution in [0.5, 0.6) is 5.75 Å². The summed E-state index contributed by atoms with van der Waals surface area (Å²) in [6.07, 6.45) is 1.07. The van der Waals surface area contributed by atoms with Crippen molar-refractivity contribution in [2.24, 2.45) is 0 Å². The Morgan fingerprint density at radius 1 is 1.15 bits per heavy atom. The minimum atomic E-state index is 0.280. The van der Waals surface area contributed by atoms with Crippen molar-refractivity contribution in [2.45, 2.75) is 39.3 Å². The number of rotatable bonds is 6. The van der Waals surface area contributed by atoms with Gasteiger partial charge in [-0.25, -0.2) is 0 Å². The molecule has 1 aromatic carbocycles. The maximum atomic E-state index is 5.43. The summed E-state index contributed by atoms with van der Waals surface area (Å²) in [4.78, 5) is 2.82. The molecule has 0 aliphatic rings. The van der Waals surface area contributed by atoms with Crippen LogP contribution in [0.4, 0.5) is 0 Å². The van der Waals surface area contributed by atoms with E-state index in [1.165, 1.54) is 15.3 Å². The Labute approximate surface area is 125 Å². The van der Waals surface area contributed by atoms with Gasteiger partial charge < -0.3 is 10.1 Å². The van der Waals surface area contributed by atoms with Crippen LogP contribution in [0.1, 0.15) is 35.2 Å². The third kappa shape index (κ3) is 3.84. The molecule has 1 heterocycles. The van der Waals surface area contributed by atoms with Crippen molar-refractivity contribution in [3.8, 4) is 5.75 Å². The molecule has 0 saturated carbocycles. The maximum absolute atomic E-state index is 5.43. The highest BCUT2D eigenvalue weighted by molar-refractivity contribution is 7.11. The van der Waals surface area contributed by atoms with Crippen molar-refractivity contribution in [1.29, 1.82) is 0 Å². The minimum absolute atomic E-state index is 0.280. The first kappa shape index (κ1) is 15.1. The number of para-hydroxylation sites is 1. The fourth-order valence-corrected chi connectivity index (χ4v) is 3.52. The summed E-state index contributed by atoms with van der Waals surface area (Å²) in [6.45, 7) is 6.58. The molecule has 0 spiro atoms. The Morgan fingerprint density at radius 2 is 1.90 bits per heavy atom. The van der Waals surface area contributed by atoms with E-state index in [1.807, 2.05) is 23.5 Å². The van der Waals surface area contributed by atoms with Gasteiger partial charge in [0.25, 0.3) is 0 Å². The van der Waals surface area contributed by atoms with E-state index in [0.29, 0.717) is 6.04 Å². The summed E-state index contributed by atoms with van der Waals surface area (Å²) in [7, 11) is 1.73. The molecule has 0 bridgehead atoms. The standard InChI is InChI=1S/C17H23NOS/c1-12(11-15-10-9-13(2)20-15)18-14(3)16-7-5-6-8-17(16)19-4/h5-10,12,14,18H,11H2,1-4H3. The Balaban J connectivity index is 1.98. The topological polar surface area (TPSA) is 21.3 Å². The third-order valence-corrected chi connectivity index (χ3v) is 4.47. The van der Waals surface area contributed by atoms with Crippen LogP contribution in [-0.2, 0) is 6.42 Å². The number of hydrogen-bond donors (Lipinski definition) is 1. The van der Waals surface area contributed by atoms with Gasteiger partial charge in [0, 0.05) is 27.4 Å². The van der Waals surface area contributed by atoms with Crippen LogP contribution in [-0.4, -0.2) is 13.2 Å². The zero-order chi connectivity index (χ0) is 14.5. The highest BCUT2D eigenvalue weighted by Gasteiger charge is 2.14. The molecule has 2 unspecified atom stereocenters. The van der Waals surface area contributed by atoms with Gasteiger partial charge in [-0.3, -0.25) is 0 Å². The molecule has 0 amide bonds. The monoisotopic (exact) mass is 289 g/mol. The lowest BCUT2D eigenvalue weighted by Gasteiger charge is -2.21. The molecule has 2 rings (SSSR count). The van der Waals surface area contributed by atoms with Crippen molar-refractivity contribution >= 4 is 11.3 Å². The summed E-state index contributed by atoms with van der Waals surface area (Å²) in [5, 5.41) is 3.66. The van der Waals surface area contributed by atoms with E-state index >= 15 is 0 Å². The second-order valence-electron chi connectivity index (χ2n) is 5.25. The smallest absolute Gasteiger partial charge is 0.123 e. The Morgan fingerprint density at radius 3 is 2.55 bits per heavy atom. The van der Waals surface area contributed by atoms with Gasteiger partial charge in [0.1, 0.15) is 5.75 Å². The van der Waals surface area contributed by atoms with E-state index in [1.54, 1.807) is 7.11 Å². The van der Waals surface area contributed by atoms with Crippen molar-refractivity contribution in [3.05, 3.63) is 51.7 Å². The van der Waals surface area contributed by atoms with Crippen LogP contribution in [0.3, 0.4) is 0 Å². The maximum Gasteiger partial charge on any atom is 0.123 e. The number of ether oxygens (including phenoxy) is 1. The second-order valence-corrected chi connectivity index (χ2v) is 6.62. The lowest BCUT2D eigenvalue weighted by molar-refractivity contribution is 0.395. The zero-order valence-electron chi connectivity index (χ0n) is 12.6. The van der Waals surface area contributed by atoms with E-state index < -0.39 is 0 Å². The molecule has 2 nitrogen and oxygen atoms in total. The van der Waals surface area contributed by atoms with Gasteiger partial charge in [-0.15, -0.1) is 11.3 Å². The molecule has 20 heavy (non-hydrogen) atoms.